The van der Waals surface area contributed by atoms with Crippen molar-refractivity contribution >= 4 is 5.91 Å². The van der Waals surface area contributed by atoms with E-state index in [-0.39, 0.29) is 11.9 Å². The summed E-state index contributed by atoms with van der Waals surface area (Å²) in [6, 6.07) is 11.1. The van der Waals surface area contributed by atoms with Gasteiger partial charge in [-0.25, -0.2) is 0 Å². The Hall–Kier alpha value is -2.27. The molecule has 1 N–H and O–H groups in total. The summed E-state index contributed by atoms with van der Waals surface area (Å²) in [6.45, 7) is 6.97. The first-order valence-electron chi connectivity index (χ1n) is 10.4. The largest absolute Gasteiger partial charge is 0.497 e. The van der Waals surface area contributed by atoms with Gasteiger partial charge in [-0.05, 0) is 76.4 Å². The number of likely N-dealkylation sites (tertiary alicyclic amines) is 1. The molecule has 0 spiro atoms. The van der Waals surface area contributed by atoms with E-state index in [0.717, 1.165) is 30.1 Å². The van der Waals surface area contributed by atoms with Crippen LogP contribution in [-0.4, -0.2) is 42.1 Å². The van der Waals surface area contributed by atoms with Gasteiger partial charge in [-0.2, -0.15) is 0 Å². The highest BCUT2D eigenvalue weighted by Crippen LogP contribution is 2.38. The number of methoxy groups -OCH3 is 1. The van der Waals surface area contributed by atoms with E-state index in [9.17, 15) is 4.79 Å². The Labute approximate surface area is 167 Å². The average Bonchev–Trinajstić information content (AvgIpc) is 3.29. The van der Waals surface area contributed by atoms with Crippen LogP contribution in [0.3, 0.4) is 0 Å². The van der Waals surface area contributed by atoms with E-state index >= 15 is 0 Å². The fourth-order valence-corrected chi connectivity index (χ4v) is 4.52. The molecule has 1 atom stereocenters. The summed E-state index contributed by atoms with van der Waals surface area (Å²) in [5, 5.41) is 3.22. The van der Waals surface area contributed by atoms with Crippen LogP contribution in [0, 0.1) is 13.8 Å². The number of ether oxygens (including phenoxy) is 1. The highest BCUT2D eigenvalue weighted by molar-refractivity contribution is 5.95. The number of hydrogen-bond donors (Lipinski definition) is 1. The maximum atomic E-state index is 13.0. The van der Waals surface area contributed by atoms with Gasteiger partial charge in [0.1, 0.15) is 5.75 Å². The topological polar surface area (TPSA) is 46.5 Å². The summed E-state index contributed by atoms with van der Waals surface area (Å²) in [5.41, 5.74) is 4.34. The Bertz CT molecular complexity index is 830. The number of benzene rings is 1. The number of nitrogens with one attached hydrogen (secondary N) is 1. The van der Waals surface area contributed by atoms with Crippen LogP contribution >= 0.6 is 0 Å². The lowest BCUT2D eigenvalue weighted by molar-refractivity contribution is 0.0937. The smallest absolute Gasteiger partial charge is 0.253 e. The molecule has 2 aromatic rings. The lowest BCUT2D eigenvalue weighted by Gasteiger charge is -2.28. The third-order valence-corrected chi connectivity index (χ3v) is 6.18. The Morgan fingerprint density at radius 3 is 2.46 bits per heavy atom. The van der Waals surface area contributed by atoms with Crippen LogP contribution in [0.2, 0.25) is 0 Å². The van der Waals surface area contributed by atoms with Crippen molar-refractivity contribution in [2.45, 2.75) is 51.6 Å². The molecule has 2 fully saturated rings. The van der Waals surface area contributed by atoms with E-state index in [1.54, 1.807) is 7.11 Å². The van der Waals surface area contributed by atoms with Crippen molar-refractivity contribution in [2.24, 2.45) is 0 Å². The number of aromatic nitrogens is 1. The number of carbonyl (C=O) groups is 1. The van der Waals surface area contributed by atoms with Gasteiger partial charge < -0.3 is 14.6 Å². The first-order valence-corrected chi connectivity index (χ1v) is 10.4. The molecule has 1 aliphatic heterocycles. The Morgan fingerprint density at radius 1 is 1.18 bits per heavy atom. The summed E-state index contributed by atoms with van der Waals surface area (Å²) in [6.07, 6.45) is 4.91. The molecule has 1 aromatic carbocycles. The van der Waals surface area contributed by atoms with Crippen molar-refractivity contribution in [3.63, 3.8) is 0 Å². The van der Waals surface area contributed by atoms with Crippen LogP contribution in [-0.2, 0) is 0 Å². The van der Waals surface area contributed by atoms with E-state index in [0.29, 0.717) is 12.6 Å². The van der Waals surface area contributed by atoms with E-state index in [2.05, 4.69) is 40.8 Å². The molecule has 5 heteroatoms. The first kappa shape index (κ1) is 19.1. The van der Waals surface area contributed by atoms with E-state index in [1.807, 2.05) is 18.2 Å². The van der Waals surface area contributed by atoms with Crippen molar-refractivity contribution in [1.29, 1.82) is 0 Å². The number of aryl methyl sites for hydroxylation is 1. The third kappa shape index (κ3) is 3.81. The predicted octanol–water partition coefficient (Wildman–Crippen LogP) is 4.02. The molecule has 1 saturated carbocycles. The van der Waals surface area contributed by atoms with Gasteiger partial charge in [0.05, 0.1) is 18.7 Å². The van der Waals surface area contributed by atoms with Crippen molar-refractivity contribution < 1.29 is 9.53 Å². The van der Waals surface area contributed by atoms with Crippen LogP contribution in [0.1, 0.15) is 65.1 Å². The standard InChI is InChI=1S/C23H31N3O2/c1-16-14-21(17(2)26(16)19-8-9-19)23(27)24-15-22(25-12-4-5-13-25)18-6-10-20(28-3)11-7-18/h6-7,10-11,14,19,22H,4-5,8-9,12-13,15H2,1-3H3,(H,24,27)/t22-/m0/s1. The number of hydrogen-bond acceptors (Lipinski definition) is 3. The maximum absolute atomic E-state index is 13.0. The van der Waals surface area contributed by atoms with E-state index in [1.165, 1.54) is 36.9 Å². The van der Waals surface area contributed by atoms with Crippen LogP contribution in [0.4, 0.5) is 0 Å². The summed E-state index contributed by atoms with van der Waals surface area (Å²) in [5.74, 6) is 0.901. The van der Waals surface area contributed by atoms with Gasteiger partial charge in [0.2, 0.25) is 0 Å². The zero-order chi connectivity index (χ0) is 19.7. The minimum atomic E-state index is 0.0395. The number of carbonyl (C=O) groups excluding carboxylic acids is 1. The Morgan fingerprint density at radius 2 is 1.86 bits per heavy atom. The molecule has 1 saturated heterocycles. The van der Waals surface area contributed by atoms with Gasteiger partial charge in [0, 0.05) is 24.0 Å². The molecule has 0 bridgehead atoms. The second-order valence-corrected chi connectivity index (χ2v) is 8.13. The summed E-state index contributed by atoms with van der Waals surface area (Å²) in [7, 11) is 1.69. The Kier molecular flexibility index (Phi) is 5.44. The quantitative estimate of drug-likeness (QED) is 0.788. The summed E-state index contributed by atoms with van der Waals surface area (Å²) in [4.78, 5) is 15.4. The van der Waals surface area contributed by atoms with Crippen molar-refractivity contribution in [1.82, 2.24) is 14.8 Å². The molecule has 0 radical (unpaired) electrons. The van der Waals surface area contributed by atoms with Gasteiger partial charge in [-0.1, -0.05) is 12.1 Å². The average molecular weight is 382 g/mol. The maximum Gasteiger partial charge on any atom is 0.253 e. The molecule has 1 amide bonds. The van der Waals surface area contributed by atoms with Crippen LogP contribution in [0.15, 0.2) is 30.3 Å². The molecule has 150 valence electrons. The second-order valence-electron chi connectivity index (χ2n) is 8.13. The van der Waals surface area contributed by atoms with E-state index in [4.69, 9.17) is 4.74 Å². The van der Waals surface area contributed by atoms with Crippen LogP contribution < -0.4 is 10.1 Å². The lowest BCUT2D eigenvalue weighted by Crippen LogP contribution is -2.37. The molecule has 1 aromatic heterocycles. The molecule has 2 heterocycles. The SMILES string of the molecule is COc1ccc([C@H](CNC(=O)c2cc(C)n(C3CC3)c2C)N2CCCC2)cc1. The Balaban J connectivity index is 1.49. The zero-order valence-electron chi connectivity index (χ0n) is 17.2. The van der Waals surface area contributed by atoms with Gasteiger partial charge in [0.25, 0.3) is 5.91 Å². The molecular weight excluding hydrogens is 350 g/mol. The number of rotatable bonds is 7. The fraction of sp³-hybridized carbons (Fsp3) is 0.522. The second kappa shape index (κ2) is 8.00. The van der Waals surface area contributed by atoms with Crippen molar-refractivity contribution in [2.75, 3.05) is 26.7 Å². The molecule has 28 heavy (non-hydrogen) atoms. The highest BCUT2D eigenvalue weighted by atomic mass is 16.5. The van der Waals surface area contributed by atoms with Gasteiger partial charge in [-0.3, -0.25) is 9.69 Å². The van der Waals surface area contributed by atoms with Crippen LogP contribution in [0.25, 0.3) is 0 Å². The molecule has 1 aliphatic carbocycles. The molecule has 0 unspecified atom stereocenters. The normalized spacial score (nSPS) is 18.2. The van der Waals surface area contributed by atoms with Gasteiger partial charge in [0.15, 0.2) is 0 Å². The van der Waals surface area contributed by atoms with Gasteiger partial charge in [-0.15, -0.1) is 0 Å². The van der Waals surface area contributed by atoms with Crippen molar-refractivity contribution in [3.8, 4) is 5.75 Å². The summed E-state index contributed by atoms with van der Waals surface area (Å²) >= 11 is 0. The molecule has 4 rings (SSSR count). The number of amides is 1. The van der Waals surface area contributed by atoms with Crippen LogP contribution in [0.5, 0.6) is 5.75 Å². The van der Waals surface area contributed by atoms with E-state index < -0.39 is 0 Å². The minimum Gasteiger partial charge on any atom is -0.497 e. The summed E-state index contributed by atoms with van der Waals surface area (Å²) < 4.78 is 7.63. The highest BCUT2D eigenvalue weighted by Gasteiger charge is 2.29. The van der Waals surface area contributed by atoms with Crippen molar-refractivity contribution in [3.05, 3.63) is 52.8 Å². The van der Waals surface area contributed by atoms with Gasteiger partial charge >= 0.3 is 0 Å². The monoisotopic (exact) mass is 381 g/mol. The first-order chi connectivity index (χ1) is 13.6. The predicted molar refractivity (Wildman–Crippen MR) is 111 cm³/mol. The fourth-order valence-electron chi connectivity index (χ4n) is 4.52. The molecule has 5 nitrogen and oxygen atoms in total. The molecular formula is C23H31N3O2. The minimum absolute atomic E-state index is 0.0395. The molecule has 2 aliphatic rings. The zero-order valence-corrected chi connectivity index (χ0v) is 17.2. The third-order valence-electron chi connectivity index (χ3n) is 6.18. The number of nitrogens with zero attached hydrogens (tertiary/aromatic N) is 2. The lowest BCUT2D eigenvalue weighted by atomic mass is 10.0.